The highest BCUT2D eigenvalue weighted by Crippen LogP contribution is 2.30. The van der Waals surface area contributed by atoms with Gasteiger partial charge in [0.1, 0.15) is 0 Å². The van der Waals surface area contributed by atoms with E-state index >= 15 is 0 Å². The van der Waals surface area contributed by atoms with Gasteiger partial charge < -0.3 is 10.6 Å². The Morgan fingerprint density at radius 2 is 1.31 bits per heavy atom. The largest absolute Gasteiger partial charge is 0.416 e. The summed E-state index contributed by atoms with van der Waals surface area (Å²) in [7, 11) is 0. The molecular weight excluding hydrogens is 345 g/mol. The molecule has 0 bridgehead atoms. The number of carbonyl (C=O) groups excluding carboxylic acids is 2. The van der Waals surface area contributed by atoms with Gasteiger partial charge in [0, 0.05) is 11.4 Å². The van der Waals surface area contributed by atoms with Crippen molar-refractivity contribution >= 4 is 23.2 Å². The molecule has 0 saturated carbocycles. The first kappa shape index (κ1) is 19.5. The number of hydrogen-bond acceptors (Lipinski definition) is 2. The summed E-state index contributed by atoms with van der Waals surface area (Å²) < 4.78 is 38.0. The Morgan fingerprint density at radius 1 is 0.769 bits per heavy atom. The molecule has 4 nitrogen and oxygen atoms in total. The molecule has 0 fully saturated rings. The summed E-state index contributed by atoms with van der Waals surface area (Å²) in [6.45, 7) is 6.13. The lowest BCUT2D eigenvalue weighted by atomic mass is 9.87. The molecule has 0 unspecified atom stereocenters. The topological polar surface area (TPSA) is 58.2 Å². The van der Waals surface area contributed by atoms with Crippen LogP contribution < -0.4 is 10.6 Å². The third kappa shape index (κ3) is 5.08. The summed E-state index contributed by atoms with van der Waals surface area (Å²) in [4.78, 5) is 23.8. The molecular formula is C19H19F3N2O2. The van der Waals surface area contributed by atoms with Crippen molar-refractivity contribution in [3.05, 3.63) is 59.7 Å². The quantitative estimate of drug-likeness (QED) is 0.767. The molecule has 2 aromatic rings. The van der Waals surface area contributed by atoms with Crippen LogP contribution in [-0.2, 0) is 21.2 Å². The third-order valence-corrected chi connectivity index (χ3v) is 3.66. The van der Waals surface area contributed by atoms with Gasteiger partial charge in [0.2, 0.25) is 0 Å². The fourth-order valence-corrected chi connectivity index (χ4v) is 2.20. The lowest BCUT2D eigenvalue weighted by molar-refractivity contribution is -0.137. The van der Waals surface area contributed by atoms with Crippen molar-refractivity contribution in [1.29, 1.82) is 0 Å². The number of benzene rings is 2. The van der Waals surface area contributed by atoms with E-state index in [0.29, 0.717) is 5.69 Å². The van der Waals surface area contributed by atoms with Crippen LogP contribution in [0, 0.1) is 0 Å². The van der Waals surface area contributed by atoms with Crippen molar-refractivity contribution in [3.8, 4) is 0 Å². The van der Waals surface area contributed by atoms with Crippen molar-refractivity contribution in [3.63, 3.8) is 0 Å². The van der Waals surface area contributed by atoms with Crippen LogP contribution in [0.2, 0.25) is 0 Å². The van der Waals surface area contributed by atoms with Crippen molar-refractivity contribution in [2.24, 2.45) is 0 Å². The minimum Gasteiger partial charge on any atom is -0.318 e. The minimum atomic E-state index is -4.53. The van der Waals surface area contributed by atoms with Gasteiger partial charge in [-0.05, 0) is 41.3 Å². The van der Waals surface area contributed by atoms with E-state index in [1.807, 2.05) is 32.9 Å². The number of carbonyl (C=O) groups is 2. The third-order valence-electron chi connectivity index (χ3n) is 3.66. The molecule has 2 N–H and O–H groups in total. The molecule has 0 heterocycles. The van der Waals surface area contributed by atoms with E-state index in [-0.39, 0.29) is 11.1 Å². The summed E-state index contributed by atoms with van der Waals surface area (Å²) in [6, 6.07) is 11.1. The maximum Gasteiger partial charge on any atom is 0.416 e. The lowest BCUT2D eigenvalue weighted by Crippen LogP contribution is -2.29. The Kier molecular flexibility index (Phi) is 5.39. The monoisotopic (exact) mass is 364 g/mol. The predicted molar refractivity (Wildman–Crippen MR) is 93.8 cm³/mol. The summed E-state index contributed by atoms with van der Waals surface area (Å²) in [5, 5.41) is 4.57. The molecule has 0 aliphatic rings. The molecule has 0 atom stereocenters. The maximum atomic E-state index is 12.7. The van der Waals surface area contributed by atoms with Crippen molar-refractivity contribution < 1.29 is 22.8 Å². The summed E-state index contributed by atoms with van der Waals surface area (Å²) in [5.74, 6) is -2.02. The Bertz CT molecular complexity index is 807. The molecule has 0 radical (unpaired) electrons. The number of anilines is 2. The smallest absolute Gasteiger partial charge is 0.318 e. The molecule has 0 spiro atoms. The SMILES string of the molecule is CC(C)(C)c1ccc(NC(=O)C(=O)Nc2cccc(C(F)(F)F)c2)cc1. The van der Waals surface area contributed by atoms with E-state index in [1.165, 1.54) is 6.07 Å². The Balaban J connectivity index is 2.03. The molecule has 2 amide bonds. The molecule has 0 aliphatic heterocycles. The molecule has 0 aromatic heterocycles. The van der Waals surface area contributed by atoms with Gasteiger partial charge in [-0.1, -0.05) is 39.0 Å². The summed E-state index contributed by atoms with van der Waals surface area (Å²) in [5.41, 5.74) is 0.409. The van der Waals surface area contributed by atoms with E-state index in [2.05, 4.69) is 10.6 Å². The fraction of sp³-hybridized carbons (Fsp3) is 0.263. The summed E-state index contributed by atoms with van der Waals surface area (Å²) >= 11 is 0. The van der Waals surface area contributed by atoms with Gasteiger partial charge in [0.05, 0.1) is 5.56 Å². The second kappa shape index (κ2) is 7.19. The highest BCUT2D eigenvalue weighted by atomic mass is 19.4. The lowest BCUT2D eigenvalue weighted by Gasteiger charge is -2.19. The van der Waals surface area contributed by atoms with Crippen LogP contribution in [0.15, 0.2) is 48.5 Å². The average Bonchev–Trinajstić information content (AvgIpc) is 2.54. The highest BCUT2D eigenvalue weighted by Gasteiger charge is 2.30. The first-order chi connectivity index (χ1) is 12.0. The maximum absolute atomic E-state index is 12.7. The van der Waals surface area contributed by atoms with Crippen LogP contribution >= 0.6 is 0 Å². The molecule has 26 heavy (non-hydrogen) atoms. The number of amides is 2. The van der Waals surface area contributed by atoms with E-state index in [4.69, 9.17) is 0 Å². The molecule has 7 heteroatoms. The van der Waals surface area contributed by atoms with Crippen molar-refractivity contribution in [1.82, 2.24) is 0 Å². The molecule has 0 aliphatic carbocycles. The van der Waals surface area contributed by atoms with E-state index in [0.717, 1.165) is 23.8 Å². The molecule has 2 aromatic carbocycles. The second-order valence-corrected chi connectivity index (χ2v) is 6.81. The highest BCUT2D eigenvalue weighted by molar-refractivity contribution is 6.43. The van der Waals surface area contributed by atoms with Crippen LogP contribution in [0.25, 0.3) is 0 Å². The average molecular weight is 364 g/mol. The zero-order valence-electron chi connectivity index (χ0n) is 14.6. The van der Waals surface area contributed by atoms with Gasteiger partial charge in [0.25, 0.3) is 0 Å². The van der Waals surface area contributed by atoms with Gasteiger partial charge in [0.15, 0.2) is 0 Å². The van der Waals surface area contributed by atoms with Gasteiger partial charge in [-0.3, -0.25) is 9.59 Å². The van der Waals surface area contributed by atoms with Crippen LogP contribution in [0.4, 0.5) is 24.5 Å². The molecule has 138 valence electrons. The van der Waals surface area contributed by atoms with E-state index in [9.17, 15) is 22.8 Å². The first-order valence-corrected chi connectivity index (χ1v) is 7.87. The standard InChI is InChI=1S/C19H19F3N2O2/c1-18(2,3)12-7-9-14(10-8-12)23-16(25)17(26)24-15-6-4-5-13(11-15)19(20,21)22/h4-11H,1-3H3,(H,23,25)(H,24,26). The van der Waals surface area contributed by atoms with Crippen LogP contribution in [0.3, 0.4) is 0 Å². The van der Waals surface area contributed by atoms with Gasteiger partial charge in [-0.25, -0.2) is 0 Å². The van der Waals surface area contributed by atoms with Gasteiger partial charge in [-0.15, -0.1) is 0 Å². The second-order valence-electron chi connectivity index (χ2n) is 6.81. The Hall–Kier alpha value is -2.83. The Labute approximate surface area is 149 Å². The molecule has 0 saturated heterocycles. The van der Waals surface area contributed by atoms with Crippen LogP contribution in [-0.4, -0.2) is 11.8 Å². The normalized spacial score (nSPS) is 11.8. The number of alkyl halides is 3. The van der Waals surface area contributed by atoms with Crippen LogP contribution in [0.1, 0.15) is 31.9 Å². The zero-order valence-corrected chi connectivity index (χ0v) is 14.6. The number of hydrogen-bond donors (Lipinski definition) is 2. The number of nitrogens with one attached hydrogen (secondary N) is 2. The number of halogens is 3. The predicted octanol–water partition coefficient (Wildman–Crippen LogP) is 4.58. The van der Waals surface area contributed by atoms with Crippen molar-refractivity contribution in [2.45, 2.75) is 32.4 Å². The first-order valence-electron chi connectivity index (χ1n) is 7.87. The van der Waals surface area contributed by atoms with E-state index < -0.39 is 23.6 Å². The van der Waals surface area contributed by atoms with E-state index in [1.54, 1.807) is 12.1 Å². The number of rotatable bonds is 2. The summed E-state index contributed by atoms with van der Waals surface area (Å²) in [6.07, 6.45) is -4.53. The minimum absolute atomic E-state index is 0.0522. The molecule has 2 rings (SSSR count). The zero-order chi connectivity index (χ0) is 19.5. The Morgan fingerprint density at radius 3 is 1.81 bits per heavy atom. The van der Waals surface area contributed by atoms with Crippen LogP contribution in [0.5, 0.6) is 0 Å². The van der Waals surface area contributed by atoms with Gasteiger partial charge >= 0.3 is 18.0 Å². The van der Waals surface area contributed by atoms with Crippen molar-refractivity contribution in [2.75, 3.05) is 10.6 Å². The fourth-order valence-electron chi connectivity index (χ4n) is 2.20. The van der Waals surface area contributed by atoms with Gasteiger partial charge in [-0.2, -0.15) is 13.2 Å².